The summed E-state index contributed by atoms with van der Waals surface area (Å²) in [7, 11) is 0. The van der Waals surface area contributed by atoms with Gasteiger partial charge in [0.05, 0.1) is 28.3 Å². The Morgan fingerprint density at radius 2 is 1.42 bits per heavy atom. The first-order valence-corrected chi connectivity index (χ1v) is 10.5. The summed E-state index contributed by atoms with van der Waals surface area (Å²) in [5.41, 5.74) is 4.35. The second kappa shape index (κ2) is 8.88. The highest BCUT2D eigenvalue weighted by Crippen LogP contribution is 2.29. The highest BCUT2D eigenvalue weighted by Gasteiger charge is 2.28. The molecule has 5 rings (SSSR count). The summed E-state index contributed by atoms with van der Waals surface area (Å²) in [6.07, 6.45) is 1.73. The van der Waals surface area contributed by atoms with Crippen molar-refractivity contribution in [2.24, 2.45) is 15.3 Å². The average molecular weight is 432 g/mol. The molecule has 1 amide bonds. The number of para-hydroxylation sites is 1. The quantitative estimate of drug-likeness (QED) is 0.248. The van der Waals surface area contributed by atoms with Gasteiger partial charge in [0.25, 0.3) is 5.91 Å². The number of nitrogens with zero attached hydrogens (tertiary/aromatic N) is 4. The molecule has 0 saturated heterocycles. The van der Waals surface area contributed by atoms with E-state index in [1.807, 2.05) is 104 Å². The molecular weight excluding hydrogens is 412 g/mol. The minimum absolute atomic E-state index is 0.176. The Balaban J connectivity index is 1.32. The zero-order chi connectivity index (χ0) is 22.6. The van der Waals surface area contributed by atoms with Crippen LogP contribution in [0.5, 0.6) is 0 Å². The smallest absolute Gasteiger partial charge is 0.280 e. The van der Waals surface area contributed by atoms with Crippen LogP contribution in [0.25, 0.3) is 17.4 Å². The molecule has 33 heavy (non-hydrogen) atoms. The Morgan fingerprint density at radius 3 is 2.12 bits per heavy atom. The second-order valence-electron chi connectivity index (χ2n) is 7.48. The maximum absolute atomic E-state index is 12.9. The second-order valence-corrected chi connectivity index (χ2v) is 7.48. The van der Waals surface area contributed by atoms with E-state index in [4.69, 9.17) is 4.42 Å². The van der Waals surface area contributed by atoms with Gasteiger partial charge in [-0.15, -0.1) is 0 Å². The molecule has 0 aliphatic carbocycles. The lowest BCUT2D eigenvalue weighted by molar-refractivity contribution is -0.114. The third-order valence-corrected chi connectivity index (χ3v) is 5.17. The van der Waals surface area contributed by atoms with Gasteiger partial charge in [0.1, 0.15) is 11.5 Å². The predicted molar refractivity (Wildman–Crippen MR) is 130 cm³/mol. The molecule has 6 nitrogen and oxygen atoms in total. The predicted octanol–water partition coefficient (Wildman–Crippen LogP) is 7.17. The molecule has 0 saturated carbocycles. The lowest BCUT2D eigenvalue weighted by atomic mass is 10.1. The zero-order valence-electron chi connectivity index (χ0n) is 17.9. The number of hydrazone groups is 1. The number of carbonyl (C=O) groups excluding carboxylic acids is 1. The Morgan fingerprint density at radius 1 is 0.788 bits per heavy atom. The number of hydrogen-bond donors (Lipinski definition) is 0. The van der Waals surface area contributed by atoms with Crippen LogP contribution < -0.4 is 5.01 Å². The van der Waals surface area contributed by atoms with E-state index in [2.05, 4.69) is 15.3 Å². The van der Waals surface area contributed by atoms with Crippen molar-refractivity contribution in [3.05, 3.63) is 108 Å². The molecule has 6 heteroatoms. The molecule has 0 N–H and O–H groups in total. The van der Waals surface area contributed by atoms with Gasteiger partial charge in [-0.1, -0.05) is 36.4 Å². The molecule has 0 unspecified atom stereocenters. The Kier molecular flexibility index (Phi) is 5.47. The first kappa shape index (κ1) is 20.3. The Labute approximate surface area is 191 Å². The van der Waals surface area contributed by atoms with Gasteiger partial charge < -0.3 is 4.42 Å². The van der Waals surface area contributed by atoms with Crippen LogP contribution in [-0.2, 0) is 4.79 Å². The monoisotopic (exact) mass is 432 g/mol. The van der Waals surface area contributed by atoms with E-state index in [-0.39, 0.29) is 5.91 Å². The van der Waals surface area contributed by atoms with Crippen LogP contribution in [0.1, 0.15) is 12.7 Å². The normalized spacial score (nSPS) is 14.9. The van der Waals surface area contributed by atoms with Crippen LogP contribution in [0.15, 0.2) is 122 Å². The van der Waals surface area contributed by atoms with Crippen molar-refractivity contribution in [3.63, 3.8) is 0 Å². The summed E-state index contributed by atoms with van der Waals surface area (Å²) < 4.78 is 5.98. The average Bonchev–Trinajstić information content (AvgIpc) is 3.44. The van der Waals surface area contributed by atoms with Gasteiger partial charge in [-0.2, -0.15) is 20.3 Å². The molecule has 4 aromatic rings. The number of hydrogen-bond acceptors (Lipinski definition) is 5. The maximum atomic E-state index is 12.9. The highest BCUT2D eigenvalue weighted by molar-refractivity contribution is 6.32. The molecule has 2 heterocycles. The molecule has 3 aromatic carbocycles. The molecule has 0 radical (unpaired) electrons. The SMILES string of the molecule is CC1=NN(c2ccccc2)C(=O)/C1=C/c1ccc(-c2ccc(N=Nc3ccccc3)cc2)o1. The number of carbonyl (C=O) groups is 1. The zero-order valence-corrected chi connectivity index (χ0v) is 17.9. The fourth-order valence-corrected chi connectivity index (χ4v) is 3.46. The number of anilines is 1. The number of rotatable bonds is 5. The lowest BCUT2D eigenvalue weighted by Gasteiger charge is -2.10. The van der Waals surface area contributed by atoms with Crippen molar-refractivity contribution in [1.82, 2.24) is 0 Å². The topological polar surface area (TPSA) is 70.5 Å². The van der Waals surface area contributed by atoms with E-state index in [9.17, 15) is 4.79 Å². The van der Waals surface area contributed by atoms with Crippen LogP contribution in [0.3, 0.4) is 0 Å². The molecule has 0 fully saturated rings. The maximum Gasteiger partial charge on any atom is 0.280 e. The van der Waals surface area contributed by atoms with Gasteiger partial charge in [-0.25, -0.2) is 0 Å². The summed E-state index contributed by atoms with van der Waals surface area (Å²) in [5, 5.41) is 14.3. The number of benzene rings is 3. The first-order chi connectivity index (χ1) is 16.2. The number of furan rings is 1. The molecule has 160 valence electrons. The molecule has 1 aliphatic rings. The summed E-state index contributed by atoms with van der Waals surface area (Å²) in [6, 6.07) is 30.3. The van der Waals surface area contributed by atoms with Gasteiger partial charge >= 0.3 is 0 Å². The standard InChI is InChI=1S/C27H20N4O2/c1-19-25(27(32)31(30-19)23-10-6-3-7-11-23)18-24-16-17-26(33-24)20-12-14-22(15-13-20)29-28-21-8-4-2-5-9-21/h2-18H,1H3/b25-18+,29-28?. The minimum atomic E-state index is -0.176. The van der Waals surface area contributed by atoms with Crippen molar-refractivity contribution < 1.29 is 9.21 Å². The minimum Gasteiger partial charge on any atom is -0.457 e. The number of azo groups is 1. The fraction of sp³-hybridized carbons (Fsp3) is 0.0370. The van der Waals surface area contributed by atoms with Gasteiger partial charge in [-0.3, -0.25) is 4.79 Å². The van der Waals surface area contributed by atoms with E-state index in [0.29, 0.717) is 22.8 Å². The molecule has 1 aromatic heterocycles. The van der Waals surface area contributed by atoms with E-state index >= 15 is 0 Å². The van der Waals surface area contributed by atoms with Crippen LogP contribution in [-0.4, -0.2) is 11.6 Å². The van der Waals surface area contributed by atoms with E-state index in [1.165, 1.54) is 5.01 Å². The molecule has 0 bridgehead atoms. The van der Waals surface area contributed by atoms with Crippen molar-refractivity contribution in [2.45, 2.75) is 6.92 Å². The number of amides is 1. The van der Waals surface area contributed by atoms with Crippen LogP contribution in [0.4, 0.5) is 17.1 Å². The van der Waals surface area contributed by atoms with Crippen LogP contribution >= 0.6 is 0 Å². The summed E-state index contributed by atoms with van der Waals surface area (Å²) >= 11 is 0. The van der Waals surface area contributed by atoms with Crippen molar-refractivity contribution in [1.29, 1.82) is 0 Å². The molecule has 0 spiro atoms. The largest absolute Gasteiger partial charge is 0.457 e. The molecule has 0 atom stereocenters. The summed E-state index contributed by atoms with van der Waals surface area (Å²) in [5.74, 6) is 1.11. The van der Waals surface area contributed by atoms with E-state index in [1.54, 1.807) is 6.08 Å². The summed E-state index contributed by atoms with van der Waals surface area (Å²) in [4.78, 5) is 12.9. The van der Waals surface area contributed by atoms with Crippen LogP contribution in [0.2, 0.25) is 0 Å². The first-order valence-electron chi connectivity index (χ1n) is 10.5. The fourth-order valence-electron chi connectivity index (χ4n) is 3.46. The van der Waals surface area contributed by atoms with E-state index < -0.39 is 0 Å². The Bertz CT molecular complexity index is 1370. The summed E-state index contributed by atoms with van der Waals surface area (Å²) in [6.45, 7) is 1.82. The Hall–Kier alpha value is -4.58. The molecular formula is C27H20N4O2. The van der Waals surface area contributed by atoms with Gasteiger partial charge in [-0.05, 0) is 73.7 Å². The van der Waals surface area contributed by atoms with Gasteiger partial charge in [0.2, 0.25) is 0 Å². The lowest BCUT2D eigenvalue weighted by Crippen LogP contribution is -2.21. The van der Waals surface area contributed by atoms with Gasteiger partial charge in [0.15, 0.2) is 0 Å². The van der Waals surface area contributed by atoms with Crippen LogP contribution in [0, 0.1) is 0 Å². The van der Waals surface area contributed by atoms with E-state index in [0.717, 1.165) is 22.6 Å². The highest BCUT2D eigenvalue weighted by atomic mass is 16.3. The van der Waals surface area contributed by atoms with Crippen molar-refractivity contribution >= 4 is 34.8 Å². The molecule has 1 aliphatic heterocycles. The van der Waals surface area contributed by atoms with Crippen molar-refractivity contribution in [3.8, 4) is 11.3 Å². The third kappa shape index (κ3) is 4.41. The van der Waals surface area contributed by atoms with Gasteiger partial charge in [0, 0.05) is 5.56 Å². The third-order valence-electron chi connectivity index (χ3n) is 5.17. The van der Waals surface area contributed by atoms with Crippen molar-refractivity contribution in [2.75, 3.05) is 5.01 Å².